The lowest BCUT2D eigenvalue weighted by molar-refractivity contribution is -0.116. The van der Waals surface area contributed by atoms with Crippen LogP contribution in [0.3, 0.4) is 0 Å². The predicted octanol–water partition coefficient (Wildman–Crippen LogP) is 2.36. The van der Waals surface area contributed by atoms with Crippen molar-refractivity contribution in [2.75, 3.05) is 5.32 Å². The van der Waals surface area contributed by atoms with Crippen LogP contribution in [0.4, 0.5) is 5.69 Å². The summed E-state index contributed by atoms with van der Waals surface area (Å²) < 4.78 is 2.75. The third kappa shape index (κ3) is 2.88. The quantitative estimate of drug-likeness (QED) is 0.776. The number of nitrogens with zero attached hydrogens (tertiary/aromatic N) is 2. The maximum atomic E-state index is 12.3. The van der Waals surface area contributed by atoms with E-state index >= 15 is 0 Å². The van der Waals surface area contributed by atoms with Gasteiger partial charge in [0.2, 0.25) is 5.91 Å². The maximum Gasteiger partial charge on any atom is 0.331 e. The number of hydrogen-bond donors (Lipinski definition) is 1. The first-order valence-electron chi connectivity index (χ1n) is 7.11. The van der Waals surface area contributed by atoms with Crippen LogP contribution in [0.5, 0.6) is 0 Å². The van der Waals surface area contributed by atoms with Gasteiger partial charge in [-0.3, -0.25) is 18.7 Å². The molecule has 24 heavy (non-hydrogen) atoms. The highest BCUT2D eigenvalue weighted by atomic mass is 35.5. The molecule has 8 heteroatoms. The largest absolute Gasteiger partial charge is 0.331 e. The van der Waals surface area contributed by atoms with Gasteiger partial charge in [-0.05, 0) is 36.1 Å². The molecule has 124 valence electrons. The summed E-state index contributed by atoms with van der Waals surface area (Å²) in [6.45, 7) is 1.68. The van der Waals surface area contributed by atoms with Crippen molar-refractivity contribution < 1.29 is 4.79 Å². The number of amides is 1. The van der Waals surface area contributed by atoms with Crippen molar-refractivity contribution in [3.8, 4) is 0 Å². The van der Waals surface area contributed by atoms with Crippen molar-refractivity contribution in [3.05, 3.63) is 61.1 Å². The topological polar surface area (TPSA) is 73.1 Å². The highest BCUT2D eigenvalue weighted by Gasteiger charge is 2.14. The molecule has 0 aliphatic heterocycles. The van der Waals surface area contributed by atoms with Crippen LogP contribution in [0.15, 0.2) is 39.2 Å². The van der Waals surface area contributed by atoms with Crippen molar-refractivity contribution in [3.63, 3.8) is 0 Å². The van der Waals surface area contributed by atoms with Crippen molar-refractivity contribution >= 4 is 44.7 Å². The van der Waals surface area contributed by atoms with Gasteiger partial charge < -0.3 is 5.32 Å². The fourth-order valence-electron chi connectivity index (χ4n) is 2.37. The van der Waals surface area contributed by atoms with Gasteiger partial charge in [0.15, 0.2) is 0 Å². The maximum absolute atomic E-state index is 12.3. The van der Waals surface area contributed by atoms with E-state index < -0.39 is 5.69 Å². The van der Waals surface area contributed by atoms with Crippen LogP contribution in [-0.4, -0.2) is 15.0 Å². The summed E-state index contributed by atoms with van der Waals surface area (Å²) in [5.74, 6) is -0.372. The van der Waals surface area contributed by atoms with Crippen LogP contribution in [0.25, 0.3) is 10.2 Å². The first-order valence-corrected chi connectivity index (χ1v) is 8.37. The zero-order valence-electron chi connectivity index (χ0n) is 13.0. The van der Waals surface area contributed by atoms with Crippen molar-refractivity contribution in [2.45, 2.75) is 13.5 Å². The van der Waals surface area contributed by atoms with Crippen LogP contribution in [0.1, 0.15) is 5.56 Å². The number of aryl methyl sites for hydroxylation is 1. The minimum Gasteiger partial charge on any atom is -0.324 e. The molecule has 0 saturated carbocycles. The molecule has 3 rings (SSSR count). The van der Waals surface area contributed by atoms with Gasteiger partial charge in [0.05, 0.1) is 5.52 Å². The summed E-state index contributed by atoms with van der Waals surface area (Å²) in [5.41, 5.74) is 1.04. The van der Waals surface area contributed by atoms with Gasteiger partial charge in [-0.2, -0.15) is 0 Å². The van der Waals surface area contributed by atoms with E-state index in [1.54, 1.807) is 29.6 Å². The highest BCUT2D eigenvalue weighted by Crippen LogP contribution is 2.20. The summed E-state index contributed by atoms with van der Waals surface area (Å²) in [6.07, 6.45) is 0. The molecule has 0 aliphatic carbocycles. The van der Waals surface area contributed by atoms with E-state index in [1.807, 2.05) is 6.92 Å². The summed E-state index contributed by atoms with van der Waals surface area (Å²) in [5, 5.41) is 4.98. The Morgan fingerprint density at radius 3 is 2.75 bits per heavy atom. The zero-order valence-corrected chi connectivity index (χ0v) is 14.6. The molecule has 2 aromatic heterocycles. The Balaban J connectivity index is 1.94. The third-order valence-electron chi connectivity index (χ3n) is 3.71. The fraction of sp³-hybridized carbons (Fsp3) is 0.188. The predicted molar refractivity (Wildman–Crippen MR) is 96.1 cm³/mol. The average Bonchev–Trinajstić information content (AvgIpc) is 3.02. The SMILES string of the molecule is Cc1ccc(NC(=O)Cn2c(=O)n(C)c(=O)c3sccc32)cc1Cl. The normalized spacial score (nSPS) is 11.0. The van der Waals surface area contributed by atoms with Crippen LogP contribution >= 0.6 is 22.9 Å². The van der Waals surface area contributed by atoms with E-state index in [-0.39, 0.29) is 18.0 Å². The van der Waals surface area contributed by atoms with Crippen molar-refractivity contribution in [2.24, 2.45) is 7.05 Å². The number of anilines is 1. The second kappa shape index (κ2) is 6.26. The number of hydrogen-bond acceptors (Lipinski definition) is 4. The van der Waals surface area contributed by atoms with Gasteiger partial charge in [0, 0.05) is 17.8 Å². The van der Waals surface area contributed by atoms with E-state index in [9.17, 15) is 14.4 Å². The van der Waals surface area contributed by atoms with E-state index in [0.717, 1.165) is 10.1 Å². The monoisotopic (exact) mass is 363 g/mol. The fourth-order valence-corrected chi connectivity index (χ4v) is 3.42. The molecule has 3 aromatic rings. The standard InChI is InChI=1S/C16H14ClN3O3S/c1-9-3-4-10(7-11(9)17)18-13(21)8-20-12-5-6-24-14(12)15(22)19(2)16(20)23/h3-7H,8H2,1-2H3,(H,18,21). The Bertz CT molecular complexity index is 1060. The lowest BCUT2D eigenvalue weighted by Gasteiger charge is -2.11. The summed E-state index contributed by atoms with van der Waals surface area (Å²) in [7, 11) is 1.40. The lowest BCUT2D eigenvalue weighted by atomic mass is 10.2. The third-order valence-corrected chi connectivity index (χ3v) is 5.01. The van der Waals surface area contributed by atoms with Crippen LogP contribution < -0.4 is 16.6 Å². The number of nitrogens with one attached hydrogen (secondary N) is 1. The Hall–Kier alpha value is -2.38. The number of fused-ring (bicyclic) bond motifs is 1. The molecule has 0 atom stereocenters. The Morgan fingerprint density at radius 2 is 2.04 bits per heavy atom. The van der Waals surface area contributed by atoms with Gasteiger partial charge in [-0.1, -0.05) is 17.7 Å². The minimum atomic E-state index is -0.525. The van der Waals surface area contributed by atoms with Crippen LogP contribution in [-0.2, 0) is 18.4 Å². The first kappa shape index (κ1) is 16.5. The van der Waals surface area contributed by atoms with Gasteiger partial charge in [0.1, 0.15) is 11.2 Å². The zero-order chi connectivity index (χ0) is 17.4. The Morgan fingerprint density at radius 1 is 1.29 bits per heavy atom. The molecule has 1 aromatic carbocycles. The molecule has 0 aliphatic rings. The molecule has 0 saturated heterocycles. The summed E-state index contributed by atoms with van der Waals surface area (Å²) in [6, 6.07) is 6.85. The molecule has 0 spiro atoms. The first-order chi connectivity index (χ1) is 11.4. The van der Waals surface area contributed by atoms with Crippen LogP contribution in [0, 0.1) is 6.92 Å². The Labute approximate surface area is 145 Å². The summed E-state index contributed by atoms with van der Waals surface area (Å²) in [4.78, 5) is 36.7. The van der Waals surface area contributed by atoms with Gasteiger partial charge in [-0.15, -0.1) is 11.3 Å². The number of halogens is 1. The average molecular weight is 364 g/mol. The number of rotatable bonds is 3. The van der Waals surface area contributed by atoms with Crippen molar-refractivity contribution in [1.29, 1.82) is 0 Å². The second-order valence-electron chi connectivity index (χ2n) is 5.38. The van der Waals surface area contributed by atoms with E-state index in [2.05, 4.69) is 5.32 Å². The molecule has 1 N–H and O–H groups in total. The molecule has 2 heterocycles. The lowest BCUT2D eigenvalue weighted by Crippen LogP contribution is -2.39. The second-order valence-corrected chi connectivity index (χ2v) is 6.70. The van der Waals surface area contributed by atoms with Gasteiger partial charge in [0.25, 0.3) is 5.56 Å². The molecular formula is C16H14ClN3O3S. The minimum absolute atomic E-state index is 0.189. The van der Waals surface area contributed by atoms with E-state index in [0.29, 0.717) is 20.9 Å². The molecule has 0 bridgehead atoms. The number of aromatic nitrogens is 2. The number of benzene rings is 1. The molecule has 1 amide bonds. The Kier molecular flexibility index (Phi) is 4.29. The smallest absolute Gasteiger partial charge is 0.324 e. The molecule has 6 nitrogen and oxygen atoms in total. The van der Waals surface area contributed by atoms with Crippen molar-refractivity contribution in [1.82, 2.24) is 9.13 Å². The molecule has 0 unspecified atom stereocenters. The number of thiophene rings is 1. The van der Waals surface area contributed by atoms with Gasteiger partial charge in [-0.25, -0.2) is 4.79 Å². The van der Waals surface area contributed by atoms with Crippen LogP contribution in [0.2, 0.25) is 5.02 Å². The highest BCUT2D eigenvalue weighted by molar-refractivity contribution is 7.17. The summed E-state index contributed by atoms with van der Waals surface area (Å²) >= 11 is 7.28. The molecule has 0 fully saturated rings. The van der Waals surface area contributed by atoms with E-state index in [1.165, 1.54) is 23.0 Å². The number of carbonyl (C=O) groups is 1. The van der Waals surface area contributed by atoms with E-state index in [4.69, 9.17) is 11.6 Å². The molecular weight excluding hydrogens is 350 g/mol. The molecule has 0 radical (unpaired) electrons. The van der Waals surface area contributed by atoms with Gasteiger partial charge >= 0.3 is 5.69 Å². The number of carbonyl (C=O) groups excluding carboxylic acids is 1.